The summed E-state index contributed by atoms with van der Waals surface area (Å²) in [5.74, 6) is -0.312. The van der Waals surface area contributed by atoms with Crippen LogP contribution in [-0.4, -0.2) is 44.9 Å². The maximum absolute atomic E-state index is 11.6. The van der Waals surface area contributed by atoms with E-state index in [1.165, 1.54) is 7.11 Å². The minimum absolute atomic E-state index is 0.288. The fourth-order valence-corrected chi connectivity index (χ4v) is 2.54. The van der Waals surface area contributed by atoms with E-state index in [0.717, 1.165) is 37.4 Å². The van der Waals surface area contributed by atoms with E-state index in [4.69, 9.17) is 9.47 Å². The predicted molar refractivity (Wildman–Crippen MR) is 82.8 cm³/mol. The van der Waals surface area contributed by atoms with Gasteiger partial charge in [-0.3, -0.25) is 0 Å². The lowest BCUT2D eigenvalue weighted by Crippen LogP contribution is -2.43. The Morgan fingerprint density at radius 2 is 2.38 bits per heavy atom. The highest BCUT2D eigenvalue weighted by atomic mass is 16.5. The minimum atomic E-state index is -0.312. The van der Waals surface area contributed by atoms with Gasteiger partial charge in [-0.05, 0) is 38.0 Å². The predicted octanol–water partition coefficient (Wildman–Crippen LogP) is 1.96. The molecule has 2 rings (SSSR count). The van der Waals surface area contributed by atoms with Crippen LogP contribution >= 0.6 is 0 Å². The molecule has 21 heavy (non-hydrogen) atoms. The number of methoxy groups -OCH3 is 1. The number of hydrogen-bond acceptors (Lipinski definition) is 5. The maximum atomic E-state index is 11.6. The Morgan fingerprint density at radius 1 is 1.57 bits per heavy atom. The lowest BCUT2D eigenvalue weighted by Gasteiger charge is -2.27. The van der Waals surface area contributed by atoms with E-state index in [1.54, 1.807) is 6.07 Å². The standard InChI is InChI=1S/C16H24N2O3/c1-11-4-5-13(16(19)20-3)9-15(11)18-12(2)8-14-10-21-7-6-17-14/h4-5,9,12,14,17-18H,6-8,10H2,1-3H3. The van der Waals surface area contributed by atoms with Gasteiger partial charge < -0.3 is 20.1 Å². The lowest BCUT2D eigenvalue weighted by molar-refractivity contribution is 0.0601. The van der Waals surface area contributed by atoms with Gasteiger partial charge in [0, 0.05) is 24.3 Å². The fourth-order valence-electron chi connectivity index (χ4n) is 2.54. The van der Waals surface area contributed by atoms with Crippen LogP contribution in [0.25, 0.3) is 0 Å². The number of carbonyl (C=O) groups is 1. The van der Waals surface area contributed by atoms with Crippen molar-refractivity contribution in [2.24, 2.45) is 0 Å². The van der Waals surface area contributed by atoms with Crippen LogP contribution in [0.1, 0.15) is 29.3 Å². The maximum Gasteiger partial charge on any atom is 0.337 e. The summed E-state index contributed by atoms with van der Waals surface area (Å²) in [6, 6.07) is 6.24. The summed E-state index contributed by atoms with van der Waals surface area (Å²) in [6.45, 7) is 6.62. The van der Waals surface area contributed by atoms with Gasteiger partial charge in [-0.2, -0.15) is 0 Å². The molecule has 0 bridgehead atoms. The van der Waals surface area contributed by atoms with E-state index >= 15 is 0 Å². The van der Waals surface area contributed by atoms with Crippen molar-refractivity contribution in [1.82, 2.24) is 5.32 Å². The second kappa shape index (κ2) is 7.43. The second-order valence-corrected chi connectivity index (χ2v) is 5.53. The molecule has 1 fully saturated rings. The number of morpholine rings is 1. The number of ether oxygens (including phenoxy) is 2. The third-order valence-corrected chi connectivity index (χ3v) is 3.70. The molecule has 0 aliphatic carbocycles. The van der Waals surface area contributed by atoms with E-state index in [0.29, 0.717) is 11.6 Å². The highest BCUT2D eigenvalue weighted by molar-refractivity contribution is 5.90. The molecule has 2 N–H and O–H groups in total. The van der Waals surface area contributed by atoms with Crippen molar-refractivity contribution in [2.75, 3.05) is 32.2 Å². The molecule has 1 aromatic carbocycles. The molecule has 2 unspecified atom stereocenters. The molecule has 0 radical (unpaired) electrons. The fraction of sp³-hybridized carbons (Fsp3) is 0.562. The Hall–Kier alpha value is -1.59. The van der Waals surface area contributed by atoms with Crippen molar-refractivity contribution in [1.29, 1.82) is 0 Å². The first-order valence-corrected chi connectivity index (χ1v) is 7.36. The van der Waals surface area contributed by atoms with Gasteiger partial charge in [0.1, 0.15) is 0 Å². The van der Waals surface area contributed by atoms with Crippen LogP contribution in [-0.2, 0) is 9.47 Å². The van der Waals surface area contributed by atoms with Gasteiger partial charge in [-0.1, -0.05) is 6.07 Å². The van der Waals surface area contributed by atoms with E-state index < -0.39 is 0 Å². The molecule has 1 heterocycles. The SMILES string of the molecule is COC(=O)c1ccc(C)c(NC(C)CC2COCCN2)c1. The highest BCUT2D eigenvalue weighted by Crippen LogP contribution is 2.19. The topological polar surface area (TPSA) is 59.6 Å². The normalized spacial score (nSPS) is 19.9. The molecular weight excluding hydrogens is 268 g/mol. The van der Waals surface area contributed by atoms with Crippen LogP contribution in [0.15, 0.2) is 18.2 Å². The molecule has 5 nitrogen and oxygen atoms in total. The van der Waals surface area contributed by atoms with Gasteiger partial charge in [0.05, 0.1) is 25.9 Å². The first-order chi connectivity index (χ1) is 10.1. The first kappa shape index (κ1) is 15.8. The van der Waals surface area contributed by atoms with Crippen LogP contribution in [0, 0.1) is 6.92 Å². The molecule has 5 heteroatoms. The summed E-state index contributed by atoms with van der Waals surface area (Å²) < 4.78 is 10.2. The zero-order valence-corrected chi connectivity index (χ0v) is 12.9. The van der Waals surface area contributed by atoms with Crippen LogP contribution < -0.4 is 10.6 Å². The average molecular weight is 292 g/mol. The molecule has 1 aliphatic rings. The Balaban J connectivity index is 1.98. The summed E-state index contributed by atoms with van der Waals surface area (Å²) in [7, 11) is 1.40. The molecule has 1 aliphatic heterocycles. The largest absolute Gasteiger partial charge is 0.465 e. The Kier molecular flexibility index (Phi) is 5.59. The van der Waals surface area contributed by atoms with Crippen LogP contribution in [0.3, 0.4) is 0 Å². The molecule has 0 saturated carbocycles. The molecule has 0 amide bonds. The summed E-state index contributed by atoms with van der Waals surface area (Å²) in [6.07, 6.45) is 0.974. The average Bonchev–Trinajstić information content (AvgIpc) is 2.49. The van der Waals surface area contributed by atoms with Gasteiger partial charge in [0.25, 0.3) is 0 Å². The Labute approximate surface area is 126 Å². The van der Waals surface area contributed by atoms with Gasteiger partial charge in [0.15, 0.2) is 0 Å². The summed E-state index contributed by atoms with van der Waals surface area (Å²) in [4.78, 5) is 11.6. The summed E-state index contributed by atoms with van der Waals surface area (Å²) >= 11 is 0. The zero-order chi connectivity index (χ0) is 15.2. The van der Waals surface area contributed by atoms with E-state index in [2.05, 4.69) is 17.6 Å². The van der Waals surface area contributed by atoms with Crippen molar-refractivity contribution < 1.29 is 14.3 Å². The minimum Gasteiger partial charge on any atom is -0.465 e. The first-order valence-electron chi connectivity index (χ1n) is 7.36. The number of esters is 1. The molecule has 2 atom stereocenters. The van der Waals surface area contributed by atoms with Crippen LogP contribution in [0.4, 0.5) is 5.69 Å². The number of nitrogens with one attached hydrogen (secondary N) is 2. The number of carbonyl (C=O) groups excluding carboxylic acids is 1. The van der Waals surface area contributed by atoms with Crippen LogP contribution in [0.2, 0.25) is 0 Å². The highest BCUT2D eigenvalue weighted by Gasteiger charge is 2.17. The molecule has 1 saturated heterocycles. The van der Waals surface area contributed by atoms with Crippen molar-refractivity contribution in [3.63, 3.8) is 0 Å². The smallest absolute Gasteiger partial charge is 0.337 e. The quantitative estimate of drug-likeness (QED) is 0.813. The third-order valence-electron chi connectivity index (χ3n) is 3.70. The summed E-state index contributed by atoms with van der Waals surface area (Å²) in [5.41, 5.74) is 2.65. The lowest BCUT2D eigenvalue weighted by atomic mass is 10.1. The number of aryl methyl sites for hydroxylation is 1. The van der Waals surface area contributed by atoms with Gasteiger partial charge in [0.2, 0.25) is 0 Å². The zero-order valence-electron chi connectivity index (χ0n) is 12.9. The van der Waals surface area contributed by atoms with E-state index in [1.807, 2.05) is 19.1 Å². The number of anilines is 1. The third kappa shape index (κ3) is 4.44. The van der Waals surface area contributed by atoms with E-state index in [-0.39, 0.29) is 12.0 Å². The van der Waals surface area contributed by atoms with Crippen molar-refractivity contribution in [2.45, 2.75) is 32.4 Å². The number of benzene rings is 1. The van der Waals surface area contributed by atoms with Gasteiger partial charge in [-0.15, -0.1) is 0 Å². The molecule has 0 spiro atoms. The number of rotatable bonds is 5. The molecule has 116 valence electrons. The Bertz CT molecular complexity index is 484. The van der Waals surface area contributed by atoms with Crippen molar-refractivity contribution in [3.8, 4) is 0 Å². The molecular formula is C16H24N2O3. The van der Waals surface area contributed by atoms with Crippen molar-refractivity contribution in [3.05, 3.63) is 29.3 Å². The molecule has 1 aromatic rings. The number of hydrogen-bond donors (Lipinski definition) is 2. The van der Waals surface area contributed by atoms with Crippen molar-refractivity contribution >= 4 is 11.7 Å². The molecule has 0 aromatic heterocycles. The Morgan fingerprint density at radius 3 is 3.05 bits per heavy atom. The monoisotopic (exact) mass is 292 g/mol. The van der Waals surface area contributed by atoms with E-state index in [9.17, 15) is 4.79 Å². The second-order valence-electron chi connectivity index (χ2n) is 5.53. The van der Waals surface area contributed by atoms with Crippen LogP contribution in [0.5, 0.6) is 0 Å². The van der Waals surface area contributed by atoms with Gasteiger partial charge in [-0.25, -0.2) is 4.79 Å². The summed E-state index contributed by atoms with van der Waals surface area (Å²) in [5, 5.41) is 6.92. The van der Waals surface area contributed by atoms with Gasteiger partial charge >= 0.3 is 5.97 Å².